The minimum atomic E-state index is -1.29. The second-order valence-electron chi connectivity index (χ2n) is 6.36. The fourth-order valence-corrected chi connectivity index (χ4v) is 2.64. The predicted molar refractivity (Wildman–Crippen MR) is 111 cm³/mol. The van der Waals surface area contributed by atoms with E-state index in [0.29, 0.717) is 22.0 Å². The van der Waals surface area contributed by atoms with Crippen LogP contribution < -0.4 is 20.5 Å². The number of hydrogen-bond donors (Lipinski definition) is 3. The molecular formula is C21H18N4O6. The lowest BCUT2D eigenvalue weighted by atomic mass is 10.1. The summed E-state index contributed by atoms with van der Waals surface area (Å²) < 4.78 is 5.70. The lowest BCUT2D eigenvalue weighted by Crippen LogP contribution is -2.33. The Hall–Kier alpha value is -4.47. The van der Waals surface area contributed by atoms with Gasteiger partial charge in [0, 0.05) is 0 Å². The molecule has 0 aliphatic rings. The number of ether oxygens (including phenoxy) is 1. The fourth-order valence-electron chi connectivity index (χ4n) is 2.64. The first-order valence-electron chi connectivity index (χ1n) is 9.09. The van der Waals surface area contributed by atoms with E-state index in [1.807, 2.05) is 30.3 Å². The monoisotopic (exact) mass is 422 g/mol. The molecule has 2 aromatic carbocycles. The van der Waals surface area contributed by atoms with Gasteiger partial charge in [0.05, 0.1) is 12.6 Å². The van der Waals surface area contributed by atoms with Gasteiger partial charge >= 0.3 is 5.97 Å². The number of carboxylic acids is 1. The predicted octanol–water partition coefficient (Wildman–Crippen LogP) is 1.79. The zero-order valence-corrected chi connectivity index (χ0v) is 16.1. The molecule has 0 aliphatic heterocycles. The van der Waals surface area contributed by atoms with Crippen molar-refractivity contribution in [3.8, 4) is 11.5 Å². The molecule has 3 N–H and O–H groups in total. The smallest absolute Gasteiger partial charge is 0.323 e. The second kappa shape index (κ2) is 9.83. The van der Waals surface area contributed by atoms with Crippen molar-refractivity contribution in [3.63, 3.8) is 0 Å². The number of anilines is 2. The topological polar surface area (TPSA) is 142 Å². The van der Waals surface area contributed by atoms with Gasteiger partial charge < -0.3 is 9.84 Å². The van der Waals surface area contributed by atoms with Crippen molar-refractivity contribution in [3.05, 3.63) is 76.7 Å². The zero-order chi connectivity index (χ0) is 22.2. The van der Waals surface area contributed by atoms with Crippen molar-refractivity contribution in [2.24, 2.45) is 0 Å². The first-order chi connectivity index (χ1) is 14.9. The van der Waals surface area contributed by atoms with Gasteiger partial charge in [-0.25, -0.2) is 4.98 Å². The molecule has 0 atom stereocenters. The van der Waals surface area contributed by atoms with Crippen molar-refractivity contribution in [2.45, 2.75) is 6.42 Å². The molecule has 0 aliphatic carbocycles. The van der Waals surface area contributed by atoms with Gasteiger partial charge in [0.15, 0.2) is 0 Å². The second-order valence-corrected chi connectivity index (χ2v) is 6.36. The van der Waals surface area contributed by atoms with Crippen LogP contribution in [0.1, 0.15) is 5.56 Å². The van der Waals surface area contributed by atoms with Crippen molar-refractivity contribution >= 4 is 29.9 Å². The van der Waals surface area contributed by atoms with Gasteiger partial charge in [0.25, 0.3) is 5.56 Å². The van der Waals surface area contributed by atoms with E-state index in [4.69, 9.17) is 9.84 Å². The number of nitrogens with zero attached hydrogens (tertiary/aromatic N) is 2. The highest BCUT2D eigenvalue weighted by molar-refractivity contribution is 5.91. The van der Waals surface area contributed by atoms with Gasteiger partial charge in [-0.2, -0.15) is 0 Å². The molecule has 0 saturated heterocycles. The number of H-pyrrole nitrogens is 1. The maximum atomic E-state index is 12.2. The lowest BCUT2D eigenvalue weighted by Gasteiger charge is -2.13. The maximum absolute atomic E-state index is 12.2. The average Bonchev–Trinajstić information content (AvgIpc) is 2.74. The van der Waals surface area contributed by atoms with Crippen molar-refractivity contribution in [1.29, 1.82) is 0 Å². The Labute approximate surface area is 176 Å². The number of carboxylic acid groups (broad SMARTS) is 1. The molecule has 0 bridgehead atoms. The third-order valence-corrected chi connectivity index (χ3v) is 4.05. The number of carbonyl (C=O) groups is 3. The third kappa shape index (κ3) is 6.00. The number of carbonyl (C=O) groups excluding carboxylic acids is 2. The molecule has 0 spiro atoms. The van der Waals surface area contributed by atoms with E-state index in [1.54, 1.807) is 24.3 Å². The van der Waals surface area contributed by atoms with Gasteiger partial charge in [-0.3, -0.25) is 34.4 Å². The summed E-state index contributed by atoms with van der Waals surface area (Å²) >= 11 is 0. The van der Waals surface area contributed by atoms with E-state index in [-0.39, 0.29) is 24.5 Å². The Morgan fingerprint density at radius 1 is 1.10 bits per heavy atom. The normalized spacial score (nSPS) is 10.2. The Balaban J connectivity index is 1.60. The van der Waals surface area contributed by atoms with Gasteiger partial charge in [-0.1, -0.05) is 30.3 Å². The Kier molecular flexibility index (Phi) is 6.74. The van der Waals surface area contributed by atoms with E-state index in [2.05, 4.69) is 15.3 Å². The van der Waals surface area contributed by atoms with Crippen LogP contribution in [0, 0.1) is 0 Å². The summed E-state index contributed by atoms with van der Waals surface area (Å²) in [5.41, 5.74) is -0.295. The largest absolute Gasteiger partial charge is 0.480 e. The summed E-state index contributed by atoms with van der Waals surface area (Å²) in [4.78, 5) is 52.9. The number of nitrogens with one attached hydrogen (secondary N) is 2. The van der Waals surface area contributed by atoms with E-state index in [9.17, 15) is 19.2 Å². The van der Waals surface area contributed by atoms with Crippen LogP contribution in [-0.4, -0.2) is 39.9 Å². The standard InChI is InChI=1S/C21H18N4O6/c26-13-25(12-19(28)29)17-11-22-21(24-20(17)30)23-18(27)10-14-6-8-16(9-7-14)31-15-4-2-1-3-5-15/h1-9,11,13H,10,12H2,(H,28,29)(H2,22,23,24,27,30). The summed E-state index contributed by atoms with van der Waals surface area (Å²) in [6.45, 7) is -0.691. The molecule has 0 radical (unpaired) electrons. The molecule has 0 fully saturated rings. The Morgan fingerprint density at radius 3 is 2.39 bits per heavy atom. The van der Waals surface area contributed by atoms with Crippen molar-refractivity contribution < 1.29 is 24.2 Å². The number of aromatic amines is 1. The first kappa shape index (κ1) is 21.2. The lowest BCUT2D eigenvalue weighted by molar-refractivity contribution is -0.136. The number of hydrogen-bond acceptors (Lipinski definition) is 6. The van der Waals surface area contributed by atoms with E-state index in [0.717, 1.165) is 6.20 Å². The number of rotatable bonds is 9. The van der Waals surface area contributed by atoms with Crippen LogP contribution in [0.3, 0.4) is 0 Å². The summed E-state index contributed by atoms with van der Waals surface area (Å²) in [5, 5.41) is 11.2. The molecule has 1 aromatic heterocycles. The maximum Gasteiger partial charge on any atom is 0.323 e. The van der Waals surface area contributed by atoms with Crippen molar-refractivity contribution in [1.82, 2.24) is 9.97 Å². The van der Waals surface area contributed by atoms with Crippen LogP contribution in [-0.2, 0) is 20.8 Å². The first-order valence-corrected chi connectivity index (χ1v) is 9.09. The van der Waals surface area contributed by atoms with Crippen LogP contribution in [0.25, 0.3) is 0 Å². The molecule has 158 valence electrons. The SMILES string of the molecule is O=CN(CC(=O)O)c1cnc(NC(=O)Cc2ccc(Oc3ccccc3)cc2)[nH]c1=O. The minimum absolute atomic E-state index is 0.0244. The highest BCUT2D eigenvalue weighted by Crippen LogP contribution is 2.21. The molecule has 3 rings (SSSR count). The highest BCUT2D eigenvalue weighted by atomic mass is 16.5. The Morgan fingerprint density at radius 2 is 1.77 bits per heavy atom. The quantitative estimate of drug-likeness (QED) is 0.446. The molecule has 10 heteroatoms. The average molecular weight is 422 g/mol. The van der Waals surface area contributed by atoms with Gasteiger partial charge in [0.1, 0.15) is 23.7 Å². The van der Waals surface area contributed by atoms with Crippen LogP contribution in [0.2, 0.25) is 0 Å². The number of amides is 2. The van der Waals surface area contributed by atoms with E-state index in [1.165, 1.54) is 0 Å². The molecule has 2 amide bonds. The van der Waals surface area contributed by atoms with Gasteiger partial charge in [-0.05, 0) is 29.8 Å². The van der Waals surface area contributed by atoms with E-state index < -0.39 is 24.0 Å². The summed E-state index contributed by atoms with van der Waals surface area (Å²) in [6, 6.07) is 16.2. The molecule has 10 nitrogen and oxygen atoms in total. The summed E-state index contributed by atoms with van der Waals surface area (Å²) in [5.74, 6) is -0.514. The number of para-hydroxylation sites is 1. The molecule has 3 aromatic rings. The van der Waals surface area contributed by atoms with E-state index >= 15 is 0 Å². The van der Waals surface area contributed by atoms with Crippen LogP contribution >= 0.6 is 0 Å². The van der Waals surface area contributed by atoms with Crippen molar-refractivity contribution in [2.75, 3.05) is 16.8 Å². The number of aliphatic carboxylic acids is 1. The van der Waals surface area contributed by atoms with Gasteiger partial charge in [0.2, 0.25) is 18.3 Å². The number of aromatic nitrogens is 2. The van der Waals surface area contributed by atoms with Crippen LogP contribution in [0.4, 0.5) is 11.6 Å². The van der Waals surface area contributed by atoms with Crippen LogP contribution in [0.5, 0.6) is 11.5 Å². The molecule has 1 heterocycles. The summed E-state index contributed by atoms with van der Waals surface area (Å²) in [6.07, 6.45) is 1.25. The fraction of sp³-hybridized carbons (Fsp3) is 0.0952. The Bertz CT molecular complexity index is 1130. The van der Waals surface area contributed by atoms with Gasteiger partial charge in [-0.15, -0.1) is 0 Å². The molecular weight excluding hydrogens is 404 g/mol. The summed E-state index contributed by atoms with van der Waals surface area (Å²) in [7, 11) is 0. The third-order valence-electron chi connectivity index (χ3n) is 4.05. The molecule has 31 heavy (non-hydrogen) atoms. The molecule has 0 unspecified atom stereocenters. The number of benzene rings is 2. The highest BCUT2D eigenvalue weighted by Gasteiger charge is 2.15. The minimum Gasteiger partial charge on any atom is -0.480 e. The zero-order valence-electron chi connectivity index (χ0n) is 16.1. The van der Waals surface area contributed by atoms with Crippen LogP contribution in [0.15, 0.2) is 65.6 Å². The molecule has 0 saturated carbocycles.